The highest BCUT2D eigenvalue weighted by molar-refractivity contribution is 6.88. The van der Waals surface area contributed by atoms with E-state index in [0.29, 0.717) is 12.0 Å². The van der Waals surface area contributed by atoms with Crippen LogP contribution in [0.1, 0.15) is 45.8 Å². The topological polar surface area (TPSA) is 63.2 Å². The lowest BCUT2D eigenvalue weighted by molar-refractivity contribution is -0.152. The molecule has 1 aromatic rings. The molecule has 0 atom stereocenters. The van der Waals surface area contributed by atoms with Gasteiger partial charge in [-0.05, 0) is 37.6 Å². The molecular formula is C20H27NO3Si. The van der Waals surface area contributed by atoms with Gasteiger partial charge in [0, 0.05) is 6.42 Å². The van der Waals surface area contributed by atoms with E-state index in [1.54, 1.807) is 0 Å². The molecule has 1 aromatic heterocycles. The maximum atomic E-state index is 11.9. The summed E-state index contributed by atoms with van der Waals surface area (Å²) in [5.41, 5.74) is 0.185. The van der Waals surface area contributed by atoms with Crippen molar-refractivity contribution in [2.45, 2.75) is 64.8 Å². The second-order valence-corrected chi connectivity index (χ2v) is 12.6. The summed E-state index contributed by atoms with van der Waals surface area (Å²) in [6.07, 6.45) is 6.59. The van der Waals surface area contributed by atoms with Gasteiger partial charge in [0.05, 0.1) is 5.38 Å². The molecule has 0 bridgehead atoms. The maximum absolute atomic E-state index is 11.9. The summed E-state index contributed by atoms with van der Waals surface area (Å²) >= 11 is 0. The Balaban J connectivity index is 2.22. The second-order valence-electron chi connectivity index (χ2n) is 7.86. The van der Waals surface area contributed by atoms with Crippen molar-refractivity contribution in [3.8, 4) is 6.07 Å². The minimum Gasteiger partial charge on any atom is -0.467 e. The molecule has 0 aromatic carbocycles. The molecule has 2 heterocycles. The number of furan rings is 1. The normalized spacial score (nSPS) is 17.7. The first-order chi connectivity index (χ1) is 11.7. The van der Waals surface area contributed by atoms with Crippen LogP contribution in [0.4, 0.5) is 0 Å². The average Bonchev–Trinajstić information content (AvgIpc) is 2.99. The van der Waals surface area contributed by atoms with Crippen molar-refractivity contribution in [1.29, 1.82) is 5.26 Å². The van der Waals surface area contributed by atoms with E-state index < -0.39 is 19.6 Å². The Morgan fingerprint density at radius 3 is 2.68 bits per heavy atom. The van der Waals surface area contributed by atoms with Gasteiger partial charge in [0.25, 0.3) is 0 Å². The van der Waals surface area contributed by atoms with Gasteiger partial charge in [-0.3, -0.25) is 0 Å². The number of rotatable bonds is 6. The van der Waals surface area contributed by atoms with Gasteiger partial charge in [0.1, 0.15) is 31.1 Å². The van der Waals surface area contributed by atoms with E-state index in [0.717, 1.165) is 11.1 Å². The van der Waals surface area contributed by atoms with E-state index in [1.807, 2.05) is 38.1 Å². The Bertz CT molecular complexity index is 747. The van der Waals surface area contributed by atoms with Crippen LogP contribution in [0.5, 0.6) is 0 Å². The fourth-order valence-electron chi connectivity index (χ4n) is 3.01. The molecule has 0 saturated heterocycles. The summed E-state index contributed by atoms with van der Waals surface area (Å²) in [4.78, 5) is 11.9. The number of allylic oxidation sites excluding steroid dienone is 1. The molecule has 0 unspecified atom stereocenters. The summed E-state index contributed by atoms with van der Waals surface area (Å²) in [7, 11) is -1.54. The van der Waals surface area contributed by atoms with Crippen molar-refractivity contribution in [2.75, 3.05) is 0 Å². The fraction of sp³-hybridized carbons (Fsp3) is 0.500. The van der Waals surface area contributed by atoms with Crippen molar-refractivity contribution in [3.63, 3.8) is 0 Å². The predicted octanol–water partition coefficient (Wildman–Crippen LogP) is 4.55. The minimum absolute atomic E-state index is 0.0833. The number of nitriles is 1. The number of cyclic esters (lactones) is 1. The van der Waals surface area contributed by atoms with E-state index in [-0.39, 0.29) is 5.57 Å². The molecule has 0 N–H and O–H groups in total. The van der Waals surface area contributed by atoms with Crippen molar-refractivity contribution in [2.24, 2.45) is 0 Å². The Morgan fingerprint density at radius 1 is 1.32 bits per heavy atom. The zero-order valence-corrected chi connectivity index (χ0v) is 16.8. The van der Waals surface area contributed by atoms with Gasteiger partial charge in [-0.1, -0.05) is 45.0 Å². The molecule has 0 aliphatic carbocycles. The Morgan fingerprint density at radius 2 is 2.04 bits per heavy atom. The number of esters is 1. The standard InChI is InChI=1S/C20H27NO3Si/c1-6-7-12-25(4,5)18-11-10-16(23-18)9-8-15-13-20(2,3)24-19(22)17(15)14-21/h8-11H,6-7,12-13H2,1-5H3/b9-8+. The second kappa shape index (κ2) is 7.45. The first-order valence-corrected chi connectivity index (χ1v) is 12.0. The number of carbonyl (C=O) groups excluding carboxylic acids is 1. The van der Waals surface area contributed by atoms with Crippen LogP contribution in [0.3, 0.4) is 0 Å². The largest absolute Gasteiger partial charge is 0.467 e. The number of hydrogen-bond acceptors (Lipinski definition) is 4. The molecule has 5 heteroatoms. The van der Waals surface area contributed by atoms with E-state index in [9.17, 15) is 10.1 Å². The lowest BCUT2D eigenvalue weighted by Gasteiger charge is -2.30. The molecule has 25 heavy (non-hydrogen) atoms. The van der Waals surface area contributed by atoms with Gasteiger partial charge in [0.2, 0.25) is 0 Å². The average molecular weight is 358 g/mol. The molecule has 0 saturated carbocycles. The molecule has 2 rings (SSSR count). The Kier molecular flexibility index (Phi) is 5.74. The third-order valence-electron chi connectivity index (χ3n) is 4.52. The highest BCUT2D eigenvalue weighted by Gasteiger charge is 2.33. The van der Waals surface area contributed by atoms with Crippen LogP contribution in [-0.4, -0.2) is 19.6 Å². The zero-order valence-electron chi connectivity index (χ0n) is 15.8. The number of ether oxygens (including phenoxy) is 1. The molecule has 0 amide bonds. The predicted molar refractivity (Wildman–Crippen MR) is 102 cm³/mol. The number of carbonyl (C=O) groups is 1. The van der Waals surface area contributed by atoms with E-state index in [1.165, 1.54) is 18.9 Å². The van der Waals surface area contributed by atoms with Crippen LogP contribution < -0.4 is 5.38 Å². The zero-order chi connectivity index (χ0) is 18.7. The van der Waals surface area contributed by atoms with E-state index in [2.05, 4.69) is 26.1 Å². The van der Waals surface area contributed by atoms with Crippen molar-refractivity contribution >= 4 is 25.5 Å². The Labute approximate surface area is 151 Å². The van der Waals surface area contributed by atoms with Crippen molar-refractivity contribution < 1.29 is 13.9 Å². The first kappa shape index (κ1) is 19.3. The molecule has 0 fully saturated rings. The van der Waals surface area contributed by atoms with Crippen LogP contribution >= 0.6 is 0 Å². The van der Waals surface area contributed by atoms with Gasteiger partial charge >= 0.3 is 5.97 Å². The van der Waals surface area contributed by atoms with Crippen LogP contribution in [0, 0.1) is 11.3 Å². The molecule has 1 aliphatic rings. The van der Waals surface area contributed by atoms with Gasteiger partial charge in [-0.25, -0.2) is 4.79 Å². The molecule has 0 radical (unpaired) electrons. The highest BCUT2D eigenvalue weighted by atomic mass is 28.3. The minimum atomic E-state index is -1.54. The first-order valence-electron chi connectivity index (χ1n) is 8.83. The van der Waals surface area contributed by atoms with Crippen LogP contribution in [-0.2, 0) is 9.53 Å². The summed E-state index contributed by atoms with van der Waals surface area (Å²) in [6.45, 7) is 10.5. The molecule has 4 nitrogen and oxygen atoms in total. The number of nitrogens with zero attached hydrogens (tertiary/aromatic N) is 1. The van der Waals surface area contributed by atoms with E-state index >= 15 is 0 Å². The number of unbranched alkanes of at least 4 members (excludes halogenated alkanes) is 1. The maximum Gasteiger partial charge on any atom is 0.349 e. The highest BCUT2D eigenvalue weighted by Crippen LogP contribution is 2.30. The van der Waals surface area contributed by atoms with Crippen molar-refractivity contribution in [1.82, 2.24) is 0 Å². The van der Waals surface area contributed by atoms with E-state index in [4.69, 9.17) is 9.15 Å². The van der Waals surface area contributed by atoms with Gasteiger partial charge < -0.3 is 9.15 Å². The fourth-order valence-corrected chi connectivity index (χ4v) is 5.42. The quantitative estimate of drug-likeness (QED) is 0.553. The molecular weight excluding hydrogens is 330 g/mol. The van der Waals surface area contributed by atoms with Gasteiger partial charge in [-0.15, -0.1) is 0 Å². The smallest absolute Gasteiger partial charge is 0.349 e. The summed E-state index contributed by atoms with van der Waals surface area (Å²) < 4.78 is 11.3. The van der Waals surface area contributed by atoms with Crippen LogP contribution in [0.15, 0.2) is 33.8 Å². The SMILES string of the molecule is CCCC[Si](C)(C)c1ccc(/C=C/C2=C(C#N)C(=O)OC(C)(C)C2)o1. The van der Waals surface area contributed by atoms with Crippen LogP contribution in [0.25, 0.3) is 6.08 Å². The summed E-state index contributed by atoms with van der Waals surface area (Å²) in [5.74, 6) is 0.209. The van der Waals surface area contributed by atoms with Crippen LogP contribution in [0.2, 0.25) is 19.1 Å². The van der Waals surface area contributed by atoms with Gasteiger partial charge in [-0.2, -0.15) is 5.26 Å². The molecule has 0 spiro atoms. The molecule has 134 valence electrons. The summed E-state index contributed by atoms with van der Waals surface area (Å²) in [5, 5.41) is 10.3. The summed E-state index contributed by atoms with van der Waals surface area (Å²) in [6, 6.07) is 7.21. The Hall–Kier alpha value is -2.06. The third kappa shape index (κ3) is 4.73. The monoisotopic (exact) mass is 357 g/mol. The molecule has 1 aliphatic heterocycles. The third-order valence-corrected chi connectivity index (χ3v) is 7.73. The lowest BCUT2D eigenvalue weighted by Crippen LogP contribution is -2.40. The van der Waals surface area contributed by atoms with Gasteiger partial charge in [0.15, 0.2) is 0 Å². The number of hydrogen-bond donors (Lipinski definition) is 0. The van der Waals surface area contributed by atoms with Crippen molar-refractivity contribution in [3.05, 3.63) is 35.1 Å². The lowest BCUT2D eigenvalue weighted by atomic mass is 9.91.